The maximum atomic E-state index is 11.1. The molecule has 6 heteroatoms. The van der Waals surface area contributed by atoms with Crippen LogP contribution in [0.1, 0.15) is 16.8 Å². The second-order valence-corrected chi connectivity index (χ2v) is 3.18. The Kier molecular flexibility index (Phi) is 3.71. The third-order valence-electron chi connectivity index (χ3n) is 1.88. The number of ether oxygens (including phenoxy) is 1. The molecular weight excluding hydrogens is 210 g/mol. The molecule has 0 saturated heterocycles. The van der Waals surface area contributed by atoms with Gasteiger partial charge in [-0.3, -0.25) is 9.59 Å². The van der Waals surface area contributed by atoms with Crippen molar-refractivity contribution in [3.63, 3.8) is 0 Å². The van der Waals surface area contributed by atoms with Crippen LogP contribution in [0.3, 0.4) is 0 Å². The summed E-state index contributed by atoms with van der Waals surface area (Å²) in [6.07, 6.45) is 0.0720. The van der Waals surface area contributed by atoms with Crippen molar-refractivity contribution in [3.8, 4) is 5.75 Å². The van der Waals surface area contributed by atoms with Crippen molar-refractivity contribution >= 4 is 17.5 Å². The van der Waals surface area contributed by atoms with Crippen LogP contribution in [-0.4, -0.2) is 18.4 Å². The van der Waals surface area contributed by atoms with E-state index in [-0.39, 0.29) is 18.6 Å². The van der Waals surface area contributed by atoms with Crippen LogP contribution in [-0.2, 0) is 4.79 Å². The quantitative estimate of drug-likeness (QED) is 0.589. The van der Waals surface area contributed by atoms with Crippen molar-refractivity contribution < 1.29 is 14.3 Å². The van der Waals surface area contributed by atoms with E-state index in [2.05, 4.69) is 0 Å². The molecule has 1 aromatic rings. The van der Waals surface area contributed by atoms with Crippen LogP contribution in [0.2, 0.25) is 0 Å². The highest BCUT2D eigenvalue weighted by Gasteiger charge is 2.10. The number of amides is 2. The van der Waals surface area contributed by atoms with Crippen LogP contribution in [0, 0.1) is 0 Å². The lowest BCUT2D eigenvalue weighted by atomic mass is 10.1. The fourth-order valence-corrected chi connectivity index (χ4v) is 1.13. The Labute approximate surface area is 92.3 Å². The summed E-state index contributed by atoms with van der Waals surface area (Å²) in [6, 6.07) is 4.52. The molecule has 86 valence electrons. The molecule has 2 amide bonds. The van der Waals surface area contributed by atoms with Gasteiger partial charge in [0.05, 0.1) is 18.6 Å². The monoisotopic (exact) mass is 223 g/mol. The Hall–Kier alpha value is -2.24. The minimum atomic E-state index is -0.638. The van der Waals surface area contributed by atoms with Gasteiger partial charge in [-0.05, 0) is 18.2 Å². The van der Waals surface area contributed by atoms with E-state index in [1.54, 1.807) is 6.07 Å². The van der Waals surface area contributed by atoms with Crippen molar-refractivity contribution in [3.05, 3.63) is 23.8 Å². The fraction of sp³-hybridized carbons (Fsp3) is 0.200. The highest BCUT2D eigenvalue weighted by Crippen LogP contribution is 2.20. The second-order valence-electron chi connectivity index (χ2n) is 3.18. The van der Waals surface area contributed by atoms with Gasteiger partial charge >= 0.3 is 0 Å². The predicted octanol–water partition coefficient (Wildman–Crippen LogP) is -0.378. The average Bonchev–Trinajstić information content (AvgIpc) is 2.19. The molecule has 0 aliphatic heterocycles. The molecule has 0 aromatic heterocycles. The zero-order valence-corrected chi connectivity index (χ0v) is 8.60. The van der Waals surface area contributed by atoms with Gasteiger partial charge in [0.1, 0.15) is 5.75 Å². The molecule has 6 N–H and O–H groups in total. The summed E-state index contributed by atoms with van der Waals surface area (Å²) >= 11 is 0. The highest BCUT2D eigenvalue weighted by molar-refractivity contribution is 5.96. The number of hydrogen-bond donors (Lipinski definition) is 3. The molecule has 0 heterocycles. The maximum absolute atomic E-state index is 11.1. The highest BCUT2D eigenvalue weighted by atomic mass is 16.5. The molecule has 0 bridgehead atoms. The maximum Gasteiger partial charge on any atom is 0.252 e. The molecule has 0 aliphatic carbocycles. The molecule has 0 unspecified atom stereocenters. The van der Waals surface area contributed by atoms with E-state index >= 15 is 0 Å². The van der Waals surface area contributed by atoms with Crippen molar-refractivity contribution in [2.24, 2.45) is 11.5 Å². The van der Waals surface area contributed by atoms with Gasteiger partial charge < -0.3 is 21.9 Å². The number of anilines is 1. The van der Waals surface area contributed by atoms with Crippen molar-refractivity contribution in [1.29, 1.82) is 0 Å². The van der Waals surface area contributed by atoms with Crippen LogP contribution < -0.4 is 21.9 Å². The van der Waals surface area contributed by atoms with Gasteiger partial charge in [0.2, 0.25) is 5.91 Å². The Morgan fingerprint density at radius 1 is 1.25 bits per heavy atom. The van der Waals surface area contributed by atoms with Crippen LogP contribution >= 0.6 is 0 Å². The Balaban J connectivity index is 2.78. The Morgan fingerprint density at radius 2 is 1.94 bits per heavy atom. The standard InChI is InChI=1S/C10H13N3O3/c11-6-1-2-8(7(5-6)10(13)15)16-4-3-9(12)14/h1-2,5H,3-4,11H2,(H2,12,14)(H2,13,15). The summed E-state index contributed by atoms with van der Waals surface area (Å²) in [5.41, 5.74) is 16.2. The first-order valence-corrected chi connectivity index (χ1v) is 4.61. The molecule has 0 fully saturated rings. The molecule has 0 spiro atoms. The molecule has 16 heavy (non-hydrogen) atoms. The van der Waals surface area contributed by atoms with Gasteiger partial charge in [0.25, 0.3) is 5.91 Å². The number of carbonyl (C=O) groups excluding carboxylic acids is 2. The van der Waals surface area contributed by atoms with Crippen molar-refractivity contribution in [2.45, 2.75) is 6.42 Å². The minimum Gasteiger partial charge on any atom is -0.492 e. The predicted molar refractivity (Wildman–Crippen MR) is 58.7 cm³/mol. The number of nitrogens with two attached hydrogens (primary N) is 3. The summed E-state index contributed by atoms with van der Waals surface area (Å²) in [7, 11) is 0. The molecule has 0 atom stereocenters. The summed E-state index contributed by atoms with van der Waals surface area (Å²) in [5.74, 6) is -0.819. The largest absolute Gasteiger partial charge is 0.492 e. The number of hydrogen-bond acceptors (Lipinski definition) is 4. The van der Waals surface area contributed by atoms with E-state index < -0.39 is 11.8 Å². The van der Waals surface area contributed by atoms with Crippen LogP contribution in [0.4, 0.5) is 5.69 Å². The normalized spacial score (nSPS) is 9.75. The van der Waals surface area contributed by atoms with Crippen molar-refractivity contribution in [2.75, 3.05) is 12.3 Å². The number of nitrogen functional groups attached to an aromatic ring is 1. The van der Waals surface area contributed by atoms with Gasteiger partial charge in [-0.15, -0.1) is 0 Å². The van der Waals surface area contributed by atoms with Gasteiger partial charge in [-0.25, -0.2) is 0 Å². The average molecular weight is 223 g/mol. The van der Waals surface area contributed by atoms with Gasteiger partial charge in [0, 0.05) is 5.69 Å². The first kappa shape index (κ1) is 11.8. The molecular formula is C10H13N3O3. The topological polar surface area (TPSA) is 121 Å². The SMILES string of the molecule is NC(=O)CCOc1ccc(N)cc1C(N)=O. The van der Waals surface area contributed by atoms with Gasteiger partial charge in [0.15, 0.2) is 0 Å². The Bertz CT molecular complexity index is 418. The number of primary amides is 2. The lowest BCUT2D eigenvalue weighted by Crippen LogP contribution is -2.17. The second kappa shape index (κ2) is 5.01. The fourth-order valence-electron chi connectivity index (χ4n) is 1.13. The third-order valence-corrected chi connectivity index (χ3v) is 1.88. The molecule has 1 aromatic carbocycles. The van der Waals surface area contributed by atoms with E-state index in [1.807, 2.05) is 0 Å². The van der Waals surface area contributed by atoms with E-state index in [1.165, 1.54) is 12.1 Å². The third kappa shape index (κ3) is 3.16. The first-order valence-electron chi connectivity index (χ1n) is 4.61. The van der Waals surface area contributed by atoms with Crippen LogP contribution in [0.25, 0.3) is 0 Å². The van der Waals surface area contributed by atoms with Gasteiger partial charge in [-0.1, -0.05) is 0 Å². The number of rotatable bonds is 5. The van der Waals surface area contributed by atoms with Crippen LogP contribution in [0.15, 0.2) is 18.2 Å². The molecule has 0 radical (unpaired) electrons. The summed E-state index contributed by atoms with van der Waals surface area (Å²) in [5, 5.41) is 0. The Morgan fingerprint density at radius 3 is 2.50 bits per heavy atom. The van der Waals surface area contributed by atoms with Gasteiger partial charge in [-0.2, -0.15) is 0 Å². The van der Waals surface area contributed by atoms with E-state index in [0.29, 0.717) is 11.4 Å². The smallest absolute Gasteiger partial charge is 0.252 e. The summed E-state index contributed by atoms with van der Waals surface area (Å²) in [4.78, 5) is 21.6. The minimum absolute atomic E-state index is 0.0720. The van der Waals surface area contributed by atoms with E-state index in [0.717, 1.165) is 0 Å². The first-order chi connectivity index (χ1) is 7.50. The van der Waals surface area contributed by atoms with Crippen molar-refractivity contribution in [1.82, 2.24) is 0 Å². The summed E-state index contributed by atoms with van der Waals surface area (Å²) < 4.78 is 5.21. The van der Waals surface area contributed by atoms with Crippen LogP contribution in [0.5, 0.6) is 5.75 Å². The molecule has 1 rings (SSSR count). The zero-order chi connectivity index (χ0) is 12.1. The number of carbonyl (C=O) groups is 2. The van der Waals surface area contributed by atoms with E-state index in [9.17, 15) is 9.59 Å². The van der Waals surface area contributed by atoms with E-state index in [4.69, 9.17) is 21.9 Å². The lowest BCUT2D eigenvalue weighted by Gasteiger charge is -2.09. The molecule has 0 aliphatic rings. The zero-order valence-electron chi connectivity index (χ0n) is 8.60. The molecule has 0 saturated carbocycles. The lowest BCUT2D eigenvalue weighted by molar-refractivity contribution is -0.118. The number of benzene rings is 1. The molecule has 6 nitrogen and oxygen atoms in total. The summed E-state index contributed by atoms with van der Waals surface area (Å²) in [6.45, 7) is 0.0968.